The largest absolute Gasteiger partial charge is 0.355 e. The molecule has 3 nitrogen and oxygen atoms in total. The molecule has 0 saturated carbocycles. The second kappa shape index (κ2) is 3.18. The molecule has 0 fully saturated rings. The van der Waals surface area contributed by atoms with Gasteiger partial charge in [-0.3, -0.25) is 4.79 Å². The van der Waals surface area contributed by atoms with Gasteiger partial charge in [-0.05, 0) is 24.6 Å². The van der Waals surface area contributed by atoms with Gasteiger partial charge in [0.15, 0.2) is 0 Å². The van der Waals surface area contributed by atoms with Crippen molar-refractivity contribution in [3.63, 3.8) is 0 Å². The van der Waals surface area contributed by atoms with Crippen molar-refractivity contribution in [1.82, 2.24) is 9.72 Å². The van der Waals surface area contributed by atoms with Gasteiger partial charge in [0.2, 0.25) is 0 Å². The maximum Gasteiger partial charge on any atom is 0.253 e. The van der Waals surface area contributed by atoms with Crippen LogP contribution in [0.5, 0.6) is 0 Å². The predicted octanol–water partition coefficient (Wildman–Crippen LogP) is 1.41. The van der Waals surface area contributed by atoms with Gasteiger partial charge in [0.05, 0.1) is 11.1 Å². The number of carbonyl (C=O) groups is 1. The standard InChI is InChI=1S/C11H11N2O/c1-8-7-13-6-4-3-5-9(13)10(8)11(14)12-2/h3,5-7H,1-2H3,(H,12,14). The molecule has 0 aliphatic carbocycles. The van der Waals surface area contributed by atoms with Crippen molar-refractivity contribution in [3.8, 4) is 0 Å². The molecule has 0 unspecified atom stereocenters. The predicted molar refractivity (Wildman–Crippen MR) is 54.4 cm³/mol. The van der Waals surface area contributed by atoms with E-state index in [-0.39, 0.29) is 5.91 Å². The topological polar surface area (TPSA) is 33.5 Å². The van der Waals surface area contributed by atoms with Crippen LogP contribution in [0.3, 0.4) is 0 Å². The zero-order valence-corrected chi connectivity index (χ0v) is 8.16. The molecule has 3 heteroatoms. The van der Waals surface area contributed by atoms with Gasteiger partial charge >= 0.3 is 0 Å². The zero-order valence-electron chi connectivity index (χ0n) is 8.16. The fraction of sp³-hybridized carbons (Fsp3) is 0.182. The van der Waals surface area contributed by atoms with Crippen LogP contribution in [-0.4, -0.2) is 17.4 Å². The Labute approximate surface area is 82.4 Å². The first kappa shape index (κ1) is 8.81. The second-order valence-corrected chi connectivity index (χ2v) is 3.19. The van der Waals surface area contributed by atoms with Gasteiger partial charge in [-0.2, -0.15) is 0 Å². The molecule has 2 rings (SSSR count). The van der Waals surface area contributed by atoms with E-state index < -0.39 is 0 Å². The minimum atomic E-state index is -0.0452. The van der Waals surface area contributed by atoms with E-state index in [2.05, 4.69) is 11.4 Å². The summed E-state index contributed by atoms with van der Waals surface area (Å²) in [4.78, 5) is 11.6. The van der Waals surface area contributed by atoms with E-state index in [1.807, 2.05) is 29.8 Å². The van der Waals surface area contributed by atoms with E-state index in [9.17, 15) is 4.79 Å². The van der Waals surface area contributed by atoms with Gasteiger partial charge in [0.1, 0.15) is 0 Å². The van der Waals surface area contributed by atoms with Crippen LogP contribution < -0.4 is 5.32 Å². The van der Waals surface area contributed by atoms with Crippen molar-refractivity contribution < 1.29 is 4.79 Å². The quantitative estimate of drug-likeness (QED) is 0.719. The maximum atomic E-state index is 11.6. The molecule has 0 spiro atoms. The van der Waals surface area contributed by atoms with E-state index in [1.165, 1.54) is 0 Å². The van der Waals surface area contributed by atoms with Gasteiger partial charge in [-0.15, -0.1) is 0 Å². The summed E-state index contributed by atoms with van der Waals surface area (Å²) in [5, 5.41) is 2.64. The van der Waals surface area contributed by atoms with Gasteiger partial charge < -0.3 is 9.72 Å². The van der Waals surface area contributed by atoms with Crippen molar-refractivity contribution >= 4 is 11.4 Å². The lowest BCUT2D eigenvalue weighted by Crippen LogP contribution is -2.18. The molecule has 0 bridgehead atoms. The number of pyridine rings is 1. The van der Waals surface area contributed by atoms with Gasteiger partial charge in [0.25, 0.3) is 5.91 Å². The number of fused-ring (bicyclic) bond motifs is 1. The lowest BCUT2D eigenvalue weighted by atomic mass is 10.1. The van der Waals surface area contributed by atoms with Crippen molar-refractivity contribution in [2.75, 3.05) is 7.05 Å². The highest BCUT2D eigenvalue weighted by molar-refractivity contribution is 6.02. The number of nitrogens with one attached hydrogen (secondary N) is 1. The Morgan fingerprint density at radius 3 is 3.07 bits per heavy atom. The van der Waals surface area contributed by atoms with E-state index in [0.29, 0.717) is 0 Å². The summed E-state index contributed by atoms with van der Waals surface area (Å²) in [6.07, 6.45) is 3.74. The summed E-state index contributed by atoms with van der Waals surface area (Å²) in [5.41, 5.74) is 2.63. The second-order valence-electron chi connectivity index (χ2n) is 3.19. The van der Waals surface area contributed by atoms with Crippen LogP contribution in [0.25, 0.3) is 5.52 Å². The number of aromatic nitrogens is 1. The molecule has 1 amide bonds. The molecule has 0 saturated heterocycles. The van der Waals surface area contributed by atoms with Crippen LogP contribution in [0.4, 0.5) is 0 Å². The van der Waals surface area contributed by atoms with Crippen LogP contribution in [0.2, 0.25) is 0 Å². The fourth-order valence-electron chi connectivity index (χ4n) is 1.62. The number of nitrogens with zero attached hydrogens (tertiary/aromatic N) is 1. The highest BCUT2D eigenvalue weighted by Gasteiger charge is 2.12. The number of carbonyl (C=O) groups excluding carboxylic acids is 1. The molecule has 2 aromatic rings. The molecule has 14 heavy (non-hydrogen) atoms. The SMILES string of the molecule is CNC(=O)c1c(C)cn2c[c]ccc12. The van der Waals surface area contributed by atoms with Gasteiger partial charge in [0, 0.05) is 19.4 Å². The Morgan fingerprint density at radius 2 is 2.36 bits per heavy atom. The summed E-state index contributed by atoms with van der Waals surface area (Å²) in [6.45, 7) is 1.93. The third-order valence-electron chi connectivity index (χ3n) is 2.27. The lowest BCUT2D eigenvalue weighted by Gasteiger charge is -1.99. The van der Waals surface area contributed by atoms with Crippen LogP contribution in [-0.2, 0) is 0 Å². The summed E-state index contributed by atoms with van der Waals surface area (Å²) < 4.78 is 1.90. The molecule has 0 aliphatic rings. The van der Waals surface area contributed by atoms with E-state index in [4.69, 9.17) is 0 Å². The molecule has 1 N–H and O–H groups in total. The van der Waals surface area contributed by atoms with Crippen molar-refractivity contribution in [2.24, 2.45) is 0 Å². The summed E-state index contributed by atoms with van der Waals surface area (Å²) >= 11 is 0. The molecule has 2 aromatic heterocycles. The monoisotopic (exact) mass is 187 g/mol. The van der Waals surface area contributed by atoms with Crippen LogP contribution in [0, 0.1) is 13.0 Å². The number of aryl methyl sites for hydroxylation is 1. The van der Waals surface area contributed by atoms with Crippen molar-refractivity contribution in [2.45, 2.75) is 6.92 Å². The molecule has 1 radical (unpaired) electrons. The highest BCUT2D eigenvalue weighted by Crippen LogP contribution is 2.17. The summed E-state index contributed by atoms with van der Waals surface area (Å²) in [6, 6.07) is 6.66. The van der Waals surface area contributed by atoms with E-state index in [0.717, 1.165) is 16.6 Å². The first-order valence-corrected chi connectivity index (χ1v) is 4.43. The smallest absolute Gasteiger partial charge is 0.253 e. The highest BCUT2D eigenvalue weighted by atomic mass is 16.1. The Morgan fingerprint density at radius 1 is 1.57 bits per heavy atom. The summed E-state index contributed by atoms with van der Waals surface area (Å²) in [5.74, 6) is -0.0452. The average molecular weight is 187 g/mol. The Bertz CT molecular complexity index is 485. The van der Waals surface area contributed by atoms with Crippen LogP contribution >= 0.6 is 0 Å². The molecular weight excluding hydrogens is 176 g/mol. The first-order chi connectivity index (χ1) is 6.74. The van der Waals surface area contributed by atoms with E-state index in [1.54, 1.807) is 13.1 Å². The van der Waals surface area contributed by atoms with E-state index >= 15 is 0 Å². The van der Waals surface area contributed by atoms with Gasteiger partial charge in [-0.1, -0.05) is 6.07 Å². The molecule has 0 atom stereocenters. The van der Waals surface area contributed by atoms with Crippen molar-refractivity contribution in [1.29, 1.82) is 0 Å². The fourth-order valence-corrected chi connectivity index (χ4v) is 1.62. The third kappa shape index (κ3) is 1.18. The third-order valence-corrected chi connectivity index (χ3v) is 2.27. The van der Waals surface area contributed by atoms with Crippen LogP contribution in [0.15, 0.2) is 24.5 Å². The average Bonchev–Trinajstić information content (AvgIpc) is 2.53. The zero-order chi connectivity index (χ0) is 10.1. The number of hydrogen-bond donors (Lipinski definition) is 1. The summed E-state index contributed by atoms with van der Waals surface area (Å²) in [7, 11) is 1.64. The minimum absolute atomic E-state index is 0.0452. The lowest BCUT2D eigenvalue weighted by molar-refractivity contribution is 0.0964. The number of hydrogen-bond acceptors (Lipinski definition) is 1. The Kier molecular flexibility index (Phi) is 2.00. The molecular formula is C11H11N2O. The van der Waals surface area contributed by atoms with Gasteiger partial charge in [-0.25, -0.2) is 0 Å². The normalized spacial score (nSPS) is 10.4. The van der Waals surface area contributed by atoms with Crippen LogP contribution in [0.1, 0.15) is 15.9 Å². The minimum Gasteiger partial charge on any atom is -0.355 e. The first-order valence-electron chi connectivity index (χ1n) is 4.43. The Hall–Kier alpha value is -1.77. The van der Waals surface area contributed by atoms with Crippen molar-refractivity contribution in [3.05, 3.63) is 41.7 Å². The number of amides is 1. The molecule has 0 aromatic carbocycles. The Balaban J connectivity index is 2.74. The maximum absolute atomic E-state index is 11.6. The number of rotatable bonds is 1. The molecule has 71 valence electrons. The molecule has 2 heterocycles. The molecule has 0 aliphatic heterocycles.